The van der Waals surface area contributed by atoms with E-state index in [0.29, 0.717) is 0 Å². The molecule has 3 heteroatoms. The summed E-state index contributed by atoms with van der Waals surface area (Å²) in [5, 5.41) is 9.51. The lowest BCUT2D eigenvalue weighted by atomic mass is 9.76. The maximum Gasteiger partial charge on any atom is 0.0541 e. The first-order chi connectivity index (χ1) is 7.64. The highest BCUT2D eigenvalue weighted by Gasteiger charge is 2.32. The largest absolute Gasteiger partial charge is 0.393 e. The molecule has 0 spiro atoms. The Hall–Kier alpha value is -0.510. The van der Waals surface area contributed by atoms with Crippen molar-refractivity contribution >= 4 is 11.8 Å². The molecule has 0 atom stereocenters. The molecule has 1 aromatic carbocycles. The molecule has 1 saturated carbocycles. The first kappa shape index (κ1) is 12.0. The van der Waals surface area contributed by atoms with Crippen molar-refractivity contribution in [1.29, 1.82) is 0 Å². The molecule has 1 aliphatic rings. The summed E-state index contributed by atoms with van der Waals surface area (Å²) in [5.74, 6) is 0. The molecule has 0 unspecified atom stereocenters. The van der Waals surface area contributed by atoms with Crippen molar-refractivity contribution in [2.45, 2.75) is 42.2 Å². The zero-order chi connectivity index (χ0) is 11.6. The molecule has 0 aliphatic heterocycles. The van der Waals surface area contributed by atoms with Gasteiger partial charge in [0.25, 0.3) is 0 Å². The SMILES string of the molecule is CSc1ccc(C2(N)CCC(O)CC2)cc1. The molecule has 2 rings (SSSR count). The van der Waals surface area contributed by atoms with Crippen molar-refractivity contribution in [2.24, 2.45) is 5.73 Å². The van der Waals surface area contributed by atoms with Crippen LogP contribution in [-0.4, -0.2) is 17.5 Å². The van der Waals surface area contributed by atoms with Crippen molar-refractivity contribution in [3.05, 3.63) is 29.8 Å². The van der Waals surface area contributed by atoms with Gasteiger partial charge in [0.1, 0.15) is 0 Å². The molecule has 0 radical (unpaired) electrons. The Bertz CT molecular complexity index is 341. The van der Waals surface area contributed by atoms with Gasteiger partial charge in [0, 0.05) is 10.4 Å². The Kier molecular flexibility index (Phi) is 3.57. The Balaban J connectivity index is 2.16. The van der Waals surface area contributed by atoms with Crippen molar-refractivity contribution in [3.8, 4) is 0 Å². The third kappa shape index (κ3) is 2.42. The van der Waals surface area contributed by atoms with E-state index >= 15 is 0 Å². The van der Waals surface area contributed by atoms with Gasteiger partial charge in [-0.25, -0.2) is 0 Å². The number of benzene rings is 1. The van der Waals surface area contributed by atoms with E-state index in [4.69, 9.17) is 5.73 Å². The topological polar surface area (TPSA) is 46.2 Å². The predicted octanol–water partition coefficient (Wildman–Crippen LogP) is 2.50. The Morgan fingerprint density at radius 1 is 1.25 bits per heavy atom. The summed E-state index contributed by atoms with van der Waals surface area (Å²) in [5.41, 5.74) is 7.40. The molecule has 0 aromatic heterocycles. The second kappa shape index (κ2) is 4.78. The molecular weight excluding hydrogens is 218 g/mol. The highest BCUT2D eigenvalue weighted by Crippen LogP contribution is 2.35. The van der Waals surface area contributed by atoms with Crippen LogP contribution in [0.15, 0.2) is 29.2 Å². The minimum absolute atomic E-state index is 0.151. The van der Waals surface area contributed by atoms with Gasteiger partial charge in [-0.1, -0.05) is 12.1 Å². The van der Waals surface area contributed by atoms with Crippen LogP contribution in [0.3, 0.4) is 0 Å². The summed E-state index contributed by atoms with van der Waals surface area (Å²) in [6.07, 6.45) is 5.33. The van der Waals surface area contributed by atoms with Gasteiger partial charge >= 0.3 is 0 Å². The summed E-state index contributed by atoms with van der Waals surface area (Å²) in [4.78, 5) is 1.27. The number of aliphatic hydroxyl groups excluding tert-OH is 1. The van der Waals surface area contributed by atoms with E-state index in [1.807, 2.05) is 0 Å². The fourth-order valence-corrected chi connectivity index (χ4v) is 2.74. The Labute approximate surface area is 101 Å². The first-order valence-corrected chi connectivity index (χ1v) is 6.98. The molecule has 0 amide bonds. The quantitative estimate of drug-likeness (QED) is 0.777. The number of hydrogen-bond donors (Lipinski definition) is 2. The standard InChI is InChI=1S/C13H19NOS/c1-16-12-4-2-10(3-5-12)13(14)8-6-11(15)7-9-13/h2-5,11,15H,6-9,14H2,1H3. The first-order valence-electron chi connectivity index (χ1n) is 5.75. The molecule has 2 nitrogen and oxygen atoms in total. The lowest BCUT2D eigenvalue weighted by molar-refractivity contribution is 0.0969. The van der Waals surface area contributed by atoms with E-state index in [0.717, 1.165) is 25.7 Å². The van der Waals surface area contributed by atoms with Gasteiger partial charge in [-0.15, -0.1) is 11.8 Å². The molecule has 16 heavy (non-hydrogen) atoms. The molecule has 3 N–H and O–H groups in total. The number of rotatable bonds is 2. The van der Waals surface area contributed by atoms with E-state index in [9.17, 15) is 5.11 Å². The van der Waals surface area contributed by atoms with Crippen molar-refractivity contribution in [3.63, 3.8) is 0 Å². The second-order valence-corrected chi connectivity index (χ2v) is 5.50. The molecule has 0 heterocycles. The highest BCUT2D eigenvalue weighted by molar-refractivity contribution is 7.98. The molecule has 0 saturated heterocycles. The molecule has 1 aromatic rings. The van der Waals surface area contributed by atoms with Gasteiger partial charge in [0.05, 0.1) is 6.10 Å². The number of nitrogens with two attached hydrogens (primary N) is 1. The van der Waals surface area contributed by atoms with Crippen LogP contribution in [0.5, 0.6) is 0 Å². The van der Waals surface area contributed by atoms with Crippen LogP contribution in [-0.2, 0) is 5.54 Å². The monoisotopic (exact) mass is 237 g/mol. The highest BCUT2D eigenvalue weighted by atomic mass is 32.2. The van der Waals surface area contributed by atoms with Crippen LogP contribution in [0.2, 0.25) is 0 Å². The lowest BCUT2D eigenvalue weighted by Crippen LogP contribution is -2.41. The van der Waals surface area contributed by atoms with Crippen molar-refractivity contribution < 1.29 is 5.11 Å². The maximum atomic E-state index is 9.51. The summed E-state index contributed by atoms with van der Waals surface area (Å²) in [6, 6.07) is 8.51. The number of hydrogen-bond acceptors (Lipinski definition) is 3. The molecule has 1 fully saturated rings. The van der Waals surface area contributed by atoms with Crippen LogP contribution in [0.4, 0.5) is 0 Å². The molecule has 0 bridgehead atoms. The smallest absolute Gasteiger partial charge is 0.0541 e. The van der Waals surface area contributed by atoms with E-state index in [2.05, 4.69) is 30.5 Å². The average molecular weight is 237 g/mol. The molecule has 88 valence electrons. The minimum atomic E-state index is -0.226. The molecule has 1 aliphatic carbocycles. The third-order valence-corrected chi connectivity index (χ3v) is 4.26. The van der Waals surface area contributed by atoms with Gasteiger partial charge in [-0.2, -0.15) is 0 Å². The van der Waals surface area contributed by atoms with E-state index < -0.39 is 0 Å². The van der Waals surface area contributed by atoms with Crippen LogP contribution >= 0.6 is 11.8 Å². The Morgan fingerprint density at radius 3 is 2.31 bits per heavy atom. The van der Waals surface area contributed by atoms with E-state index in [-0.39, 0.29) is 11.6 Å². The minimum Gasteiger partial charge on any atom is -0.393 e. The normalized spacial score (nSPS) is 30.3. The summed E-state index contributed by atoms with van der Waals surface area (Å²) < 4.78 is 0. The van der Waals surface area contributed by atoms with Gasteiger partial charge < -0.3 is 10.8 Å². The van der Waals surface area contributed by atoms with Gasteiger partial charge in [0.2, 0.25) is 0 Å². The van der Waals surface area contributed by atoms with E-state index in [1.54, 1.807) is 11.8 Å². The fraction of sp³-hybridized carbons (Fsp3) is 0.538. The van der Waals surface area contributed by atoms with Crippen LogP contribution < -0.4 is 5.73 Å². The van der Waals surface area contributed by atoms with Gasteiger partial charge in [0.15, 0.2) is 0 Å². The second-order valence-electron chi connectivity index (χ2n) is 4.62. The van der Waals surface area contributed by atoms with E-state index in [1.165, 1.54) is 10.5 Å². The number of thioether (sulfide) groups is 1. The molecular formula is C13H19NOS. The Morgan fingerprint density at radius 2 is 1.81 bits per heavy atom. The van der Waals surface area contributed by atoms with Gasteiger partial charge in [-0.05, 0) is 49.6 Å². The third-order valence-electron chi connectivity index (χ3n) is 3.51. The zero-order valence-corrected chi connectivity index (χ0v) is 10.5. The number of aliphatic hydroxyl groups is 1. The van der Waals surface area contributed by atoms with Crippen LogP contribution in [0, 0.1) is 0 Å². The zero-order valence-electron chi connectivity index (χ0n) is 9.65. The summed E-state index contributed by atoms with van der Waals surface area (Å²) in [7, 11) is 0. The average Bonchev–Trinajstić information content (AvgIpc) is 2.33. The summed E-state index contributed by atoms with van der Waals surface area (Å²) >= 11 is 1.74. The van der Waals surface area contributed by atoms with Crippen molar-refractivity contribution in [1.82, 2.24) is 0 Å². The van der Waals surface area contributed by atoms with Gasteiger partial charge in [-0.3, -0.25) is 0 Å². The van der Waals surface area contributed by atoms with Crippen molar-refractivity contribution in [2.75, 3.05) is 6.26 Å². The maximum absolute atomic E-state index is 9.51. The lowest BCUT2D eigenvalue weighted by Gasteiger charge is -2.36. The summed E-state index contributed by atoms with van der Waals surface area (Å²) in [6.45, 7) is 0. The predicted molar refractivity (Wildman–Crippen MR) is 68.6 cm³/mol. The van der Waals surface area contributed by atoms with Crippen LogP contribution in [0.1, 0.15) is 31.2 Å². The van der Waals surface area contributed by atoms with Crippen LogP contribution in [0.25, 0.3) is 0 Å². The fourth-order valence-electron chi connectivity index (χ4n) is 2.33.